The van der Waals surface area contributed by atoms with Gasteiger partial charge in [-0.25, -0.2) is 0 Å². The fourth-order valence-corrected chi connectivity index (χ4v) is 2.12. The highest BCUT2D eigenvalue weighted by Gasteiger charge is 2.20. The van der Waals surface area contributed by atoms with Crippen molar-refractivity contribution in [3.8, 4) is 5.75 Å². The molecule has 5 nitrogen and oxygen atoms in total. The summed E-state index contributed by atoms with van der Waals surface area (Å²) < 4.78 is 10.7. The zero-order valence-corrected chi connectivity index (χ0v) is 12.6. The van der Waals surface area contributed by atoms with Crippen LogP contribution in [-0.4, -0.2) is 26.2 Å². The Balaban J connectivity index is 1.64. The molecular formula is C16H24N2O3. The lowest BCUT2D eigenvalue weighted by Gasteiger charge is -2.11. The molecule has 1 saturated carbocycles. The van der Waals surface area contributed by atoms with Gasteiger partial charge in [0.2, 0.25) is 5.91 Å². The lowest BCUT2D eigenvalue weighted by molar-refractivity contribution is -0.116. The molecule has 3 N–H and O–H groups in total. The summed E-state index contributed by atoms with van der Waals surface area (Å²) in [4.78, 5) is 11.9. The van der Waals surface area contributed by atoms with Gasteiger partial charge in [-0.15, -0.1) is 0 Å². The molecule has 2 rings (SSSR count). The first kappa shape index (κ1) is 15.6. The van der Waals surface area contributed by atoms with Gasteiger partial charge in [-0.2, -0.15) is 0 Å². The monoisotopic (exact) mass is 292 g/mol. The highest BCUT2D eigenvalue weighted by molar-refractivity contribution is 5.92. The van der Waals surface area contributed by atoms with Gasteiger partial charge in [0.25, 0.3) is 0 Å². The zero-order valence-electron chi connectivity index (χ0n) is 12.6. The van der Waals surface area contributed by atoms with Crippen LogP contribution in [0.3, 0.4) is 0 Å². The predicted octanol–water partition coefficient (Wildman–Crippen LogP) is 2.81. The van der Waals surface area contributed by atoms with E-state index in [9.17, 15) is 4.79 Å². The molecule has 0 aliphatic heterocycles. The molecule has 5 heteroatoms. The molecule has 0 atom stereocenters. The van der Waals surface area contributed by atoms with Crippen LogP contribution in [0.15, 0.2) is 18.2 Å². The summed E-state index contributed by atoms with van der Waals surface area (Å²) in [5, 5.41) is 2.83. The normalized spacial score (nSPS) is 14.0. The summed E-state index contributed by atoms with van der Waals surface area (Å²) in [5.74, 6) is 1.43. The highest BCUT2D eigenvalue weighted by Crippen LogP contribution is 2.32. The van der Waals surface area contributed by atoms with Crippen molar-refractivity contribution >= 4 is 17.3 Å². The fraction of sp³-hybridized carbons (Fsp3) is 0.562. The summed E-state index contributed by atoms with van der Waals surface area (Å²) in [6, 6.07) is 5.17. The van der Waals surface area contributed by atoms with Crippen molar-refractivity contribution in [1.82, 2.24) is 0 Å². The summed E-state index contributed by atoms with van der Waals surface area (Å²) >= 11 is 0. The van der Waals surface area contributed by atoms with Crippen molar-refractivity contribution in [2.75, 3.05) is 31.4 Å². The van der Waals surface area contributed by atoms with Crippen molar-refractivity contribution in [1.29, 1.82) is 0 Å². The topological polar surface area (TPSA) is 73.6 Å². The molecule has 1 aromatic rings. The van der Waals surface area contributed by atoms with Crippen LogP contribution < -0.4 is 15.8 Å². The number of amides is 1. The third-order valence-electron chi connectivity index (χ3n) is 3.56. The van der Waals surface area contributed by atoms with E-state index in [1.807, 2.05) is 0 Å². The zero-order chi connectivity index (χ0) is 15.1. The maximum absolute atomic E-state index is 11.9. The Labute approximate surface area is 125 Å². The average molecular weight is 292 g/mol. The van der Waals surface area contributed by atoms with E-state index in [4.69, 9.17) is 15.2 Å². The van der Waals surface area contributed by atoms with Gasteiger partial charge in [0.15, 0.2) is 0 Å². The number of carbonyl (C=O) groups excluding carboxylic acids is 1. The van der Waals surface area contributed by atoms with Crippen LogP contribution in [0.2, 0.25) is 0 Å². The Morgan fingerprint density at radius 3 is 2.90 bits per heavy atom. The van der Waals surface area contributed by atoms with E-state index in [1.54, 1.807) is 25.3 Å². The van der Waals surface area contributed by atoms with Gasteiger partial charge in [0.05, 0.1) is 12.8 Å². The largest absolute Gasteiger partial charge is 0.494 e. The summed E-state index contributed by atoms with van der Waals surface area (Å²) in [6.45, 7) is 1.46. The van der Waals surface area contributed by atoms with Gasteiger partial charge in [0, 0.05) is 31.4 Å². The van der Waals surface area contributed by atoms with Crippen LogP contribution in [0.1, 0.15) is 32.1 Å². The number of carbonyl (C=O) groups is 1. The molecule has 0 saturated heterocycles. The van der Waals surface area contributed by atoms with Gasteiger partial charge in [-0.05, 0) is 30.9 Å². The second-order valence-corrected chi connectivity index (χ2v) is 5.46. The third-order valence-corrected chi connectivity index (χ3v) is 3.56. The molecule has 1 aliphatic rings. The number of anilines is 2. The molecule has 116 valence electrons. The summed E-state index contributed by atoms with van der Waals surface area (Å²) in [5.41, 5.74) is 6.93. The fourth-order valence-electron chi connectivity index (χ4n) is 2.12. The number of hydrogen-bond donors (Lipinski definition) is 2. The SMILES string of the molecule is COc1cc(N)ccc1NC(=O)CCCOCCC1CC1. The van der Waals surface area contributed by atoms with E-state index in [0.717, 1.165) is 25.4 Å². The van der Waals surface area contributed by atoms with Gasteiger partial charge < -0.3 is 20.5 Å². The van der Waals surface area contributed by atoms with Gasteiger partial charge in [-0.1, -0.05) is 12.8 Å². The number of nitrogens with two attached hydrogens (primary N) is 1. The average Bonchev–Trinajstić information content (AvgIpc) is 3.28. The van der Waals surface area contributed by atoms with Gasteiger partial charge in [-0.3, -0.25) is 4.79 Å². The molecule has 1 aliphatic carbocycles. The molecule has 0 radical (unpaired) electrons. The van der Waals surface area contributed by atoms with E-state index in [-0.39, 0.29) is 5.91 Å². The maximum Gasteiger partial charge on any atom is 0.224 e. The first-order valence-corrected chi connectivity index (χ1v) is 7.50. The lowest BCUT2D eigenvalue weighted by Crippen LogP contribution is -2.13. The van der Waals surface area contributed by atoms with Crippen LogP contribution in [0.25, 0.3) is 0 Å². The van der Waals surface area contributed by atoms with Gasteiger partial charge in [0.1, 0.15) is 5.75 Å². The molecular weight excluding hydrogens is 268 g/mol. The van der Waals surface area contributed by atoms with Crippen LogP contribution in [-0.2, 0) is 9.53 Å². The minimum absolute atomic E-state index is 0.0381. The quantitative estimate of drug-likeness (QED) is 0.542. The van der Waals surface area contributed by atoms with Crippen molar-refractivity contribution in [3.63, 3.8) is 0 Å². The molecule has 1 amide bonds. The number of benzene rings is 1. The van der Waals surface area contributed by atoms with Crippen LogP contribution in [0.4, 0.5) is 11.4 Å². The van der Waals surface area contributed by atoms with Crippen molar-refractivity contribution in [2.45, 2.75) is 32.1 Å². The van der Waals surface area contributed by atoms with E-state index < -0.39 is 0 Å². The van der Waals surface area contributed by atoms with E-state index >= 15 is 0 Å². The van der Waals surface area contributed by atoms with Gasteiger partial charge >= 0.3 is 0 Å². The Hall–Kier alpha value is -1.75. The number of rotatable bonds is 9. The summed E-state index contributed by atoms with van der Waals surface area (Å²) in [6.07, 6.45) is 5.05. The first-order valence-electron chi connectivity index (χ1n) is 7.50. The van der Waals surface area contributed by atoms with E-state index in [2.05, 4.69) is 5.32 Å². The molecule has 21 heavy (non-hydrogen) atoms. The molecule has 0 aromatic heterocycles. The number of methoxy groups -OCH3 is 1. The Morgan fingerprint density at radius 1 is 1.38 bits per heavy atom. The molecule has 1 fully saturated rings. The van der Waals surface area contributed by atoms with Crippen LogP contribution >= 0.6 is 0 Å². The first-order chi connectivity index (χ1) is 10.2. The smallest absolute Gasteiger partial charge is 0.224 e. The van der Waals surface area contributed by atoms with Crippen LogP contribution in [0, 0.1) is 5.92 Å². The molecule has 0 bridgehead atoms. The molecule has 0 heterocycles. The van der Waals surface area contributed by atoms with E-state index in [1.165, 1.54) is 12.8 Å². The predicted molar refractivity (Wildman–Crippen MR) is 83.4 cm³/mol. The highest BCUT2D eigenvalue weighted by atomic mass is 16.5. The second kappa shape index (κ2) is 7.88. The molecule has 0 spiro atoms. The molecule has 0 unspecified atom stereocenters. The number of nitrogens with one attached hydrogen (secondary N) is 1. The Morgan fingerprint density at radius 2 is 2.19 bits per heavy atom. The second-order valence-electron chi connectivity index (χ2n) is 5.46. The third kappa shape index (κ3) is 5.63. The minimum atomic E-state index is -0.0381. The Kier molecular flexibility index (Phi) is 5.87. The number of ether oxygens (including phenoxy) is 2. The lowest BCUT2D eigenvalue weighted by atomic mass is 10.2. The maximum atomic E-state index is 11.9. The van der Waals surface area contributed by atoms with Crippen molar-refractivity contribution < 1.29 is 14.3 Å². The van der Waals surface area contributed by atoms with Crippen molar-refractivity contribution in [3.05, 3.63) is 18.2 Å². The Bertz CT molecular complexity index is 473. The minimum Gasteiger partial charge on any atom is -0.494 e. The molecule has 1 aromatic carbocycles. The number of hydrogen-bond acceptors (Lipinski definition) is 4. The number of nitrogen functional groups attached to an aromatic ring is 1. The summed E-state index contributed by atoms with van der Waals surface area (Å²) in [7, 11) is 1.55. The van der Waals surface area contributed by atoms with Crippen molar-refractivity contribution in [2.24, 2.45) is 5.92 Å². The van der Waals surface area contributed by atoms with E-state index in [0.29, 0.717) is 30.2 Å². The standard InChI is InChI=1S/C16H24N2O3/c1-20-15-11-13(17)6-7-14(15)18-16(19)3-2-9-21-10-8-12-4-5-12/h6-7,11-12H,2-5,8-10,17H2,1H3,(H,18,19). The van der Waals surface area contributed by atoms with Crippen LogP contribution in [0.5, 0.6) is 5.75 Å².